The van der Waals surface area contributed by atoms with Crippen molar-refractivity contribution in [2.75, 3.05) is 20.3 Å². The van der Waals surface area contributed by atoms with Crippen LogP contribution in [0.4, 0.5) is 0 Å². The van der Waals surface area contributed by atoms with Gasteiger partial charge >= 0.3 is 0 Å². The number of nitrogens with two attached hydrogens (primary N) is 1. The van der Waals surface area contributed by atoms with Crippen molar-refractivity contribution in [1.82, 2.24) is 4.90 Å². The van der Waals surface area contributed by atoms with E-state index in [0.29, 0.717) is 32.6 Å². The van der Waals surface area contributed by atoms with E-state index in [9.17, 15) is 4.79 Å². The molecule has 0 aromatic carbocycles. The van der Waals surface area contributed by atoms with Gasteiger partial charge in [-0.15, -0.1) is 0 Å². The quantitative estimate of drug-likeness (QED) is 0.873. The Kier molecular flexibility index (Phi) is 3.73. The van der Waals surface area contributed by atoms with Gasteiger partial charge in [-0.2, -0.15) is 0 Å². The minimum absolute atomic E-state index is 0.0219. The molecule has 0 atom stereocenters. The smallest absolute Gasteiger partial charge is 0.242 e. The first-order chi connectivity index (χ1) is 8.53. The van der Waals surface area contributed by atoms with Crippen LogP contribution in [0.5, 0.6) is 0 Å². The Hall–Kier alpha value is -1.33. The number of amides is 1. The van der Waals surface area contributed by atoms with Gasteiger partial charge in [0.1, 0.15) is 5.76 Å². The monoisotopic (exact) mass is 252 g/mol. The van der Waals surface area contributed by atoms with Crippen LogP contribution in [0.2, 0.25) is 0 Å². The van der Waals surface area contributed by atoms with Crippen molar-refractivity contribution < 1.29 is 13.9 Å². The standard InChI is InChI=1S/C13H20N2O3/c1-10-11(3-6-18-10)9-15(2)12(16)13(14)4-7-17-8-5-13/h3,6H,4-5,7-9,14H2,1-2H3. The largest absolute Gasteiger partial charge is 0.469 e. The van der Waals surface area contributed by atoms with Gasteiger partial charge in [0.15, 0.2) is 0 Å². The third-order valence-electron chi connectivity index (χ3n) is 3.53. The molecule has 5 heteroatoms. The van der Waals surface area contributed by atoms with Gasteiger partial charge in [-0.25, -0.2) is 0 Å². The molecule has 2 rings (SSSR count). The van der Waals surface area contributed by atoms with Crippen molar-refractivity contribution in [1.29, 1.82) is 0 Å². The van der Waals surface area contributed by atoms with E-state index in [1.807, 2.05) is 13.0 Å². The van der Waals surface area contributed by atoms with Crippen LogP contribution in [0.3, 0.4) is 0 Å². The molecule has 0 saturated carbocycles. The topological polar surface area (TPSA) is 68.7 Å². The minimum Gasteiger partial charge on any atom is -0.469 e. The van der Waals surface area contributed by atoms with Crippen LogP contribution in [0, 0.1) is 6.92 Å². The third-order valence-corrected chi connectivity index (χ3v) is 3.53. The molecular formula is C13H20N2O3. The van der Waals surface area contributed by atoms with Crippen LogP contribution in [-0.2, 0) is 16.1 Å². The first-order valence-electron chi connectivity index (χ1n) is 6.18. The van der Waals surface area contributed by atoms with Gasteiger partial charge in [0.05, 0.1) is 11.8 Å². The number of hydrogen-bond donors (Lipinski definition) is 1. The number of ether oxygens (including phenoxy) is 1. The molecule has 18 heavy (non-hydrogen) atoms. The Balaban J connectivity index is 2.02. The van der Waals surface area contributed by atoms with Crippen LogP contribution in [0.25, 0.3) is 0 Å². The van der Waals surface area contributed by atoms with Crippen LogP contribution in [0.15, 0.2) is 16.7 Å². The first-order valence-corrected chi connectivity index (χ1v) is 6.18. The summed E-state index contributed by atoms with van der Waals surface area (Å²) in [7, 11) is 1.78. The van der Waals surface area contributed by atoms with Gasteiger partial charge in [0.25, 0.3) is 0 Å². The normalized spacial score (nSPS) is 18.6. The van der Waals surface area contributed by atoms with Crippen molar-refractivity contribution >= 4 is 5.91 Å². The van der Waals surface area contributed by atoms with E-state index in [1.165, 1.54) is 0 Å². The maximum atomic E-state index is 12.4. The van der Waals surface area contributed by atoms with Gasteiger partial charge in [-0.1, -0.05) is 0 Å². The molecule has 0 unspecified atom stereocenters. The molecule has 1 aromatic rings. The molecule has 5 nitrogen and oxygen atoms in total. The predicted molar refractivity (Wildman–Crippen MR) is 66.9 cm³/mol. The number of hydrogen-bond acceptors (Lipinski definition) is 4. The van der Waals surface area contributed by atoms with Gasteiger partial charge in [-0.05, 0) is 25.8 Å². The van der Waals surface area contributed by atoms with E-state index >= 15 is 0 Å². The molecule has 1 saturated heterocycles. The number of likely N-dealkylation sites (N-methyl/N-ethyl adjacent to an activating group) is 1. The Morgan fingerprint density at radius 1 is 1.50 bits per heavy atom. The molecule has 100 valence electrons. The summed E-state index contributed by atoms with van der Waals surface area (Å²) >= 11 is 0. The zero-order chi connectivity index (χ0) is 13.2. The van der Waals surface area contributed by atoms with Crippen LogP contribution in [-0.4, -0.2) is 36.6 Å². The number of furan rings is 1. The number of rotatable bonds is 3. The van der Waals surface area contributed by atoms with Gasteiger partial charge in [0, 0.05) is 32.4 Å². The van der Waals surface area contributed by atoms with E-state index in [1.54, 1.807) is 18.2 Å². The molecule has 2 heterocycles. The lowest BCUT2D eigenvalue weighted by Crippen LogP contribution is -2.57. The van der Waals surface area contributed by atoms with Crippen molar-refractivity contribution in [3.8, 4) is 0 Å². The predicted octanol–water partition coefficient (Wildman–Crippen LogP) is 1.05. The number of carbonyl (C=O) groups is 1. The van der Waals surface area contributed by atoms with Gasteiger partial charge < -0.3 is 19.8 Å². The molecule has 1 aromatic heterocycles. The second kappa shape index (κ2) is 5.12. The fourth-order valence-electron chi connectivity index (χ4n) is 2.23. The molecule has 1 amide bonds. The lowest BCUT2D eigenvalue weighted by Gasteiger charge is -2.35. The molecular weight excluding hydrogens is 232 g/mol. The summed E-state index contributed by atoms with van der Waals surface area (Å²) in [5, 5.41) is 0. The Morgan fingerprint density at radius 3 is 2.72 bits per heavy atom. The van der Waals surface area contributed by atoms with Gasteiger partial charge in [0.2, 0.25) is 5.91 Å². The van der Waals surface area contributed by atoms with E-state index in [-0.39, 0.29) is 5.91 Å². The minimum atomic E-state index is -0.773. The highest BCUT2D eigenvalue weighted by molar-refractivity contribution is 5.86. The number of nitrogens with zero attached hydrogens (tertiary/aromatic N) is 1. The molecule has 2 N–H and O–H groups in total. The molecule has 1 fully saturated rings. The molecule has 1 aliphatic rings. The highest BCUT2D eigenvalue weighted by atomic mass is 16.5. The maximum absolute atomic E-state index is 12.4. The van der Waals surface area contributed by atoms with E-state index in [4.69, 9.17) is 14.9 Å². The summed E-state index contributed by atoms with van der Waals surface area (Å²) in [4.78, 5) is 14.0. The molecule has 0 radical (unpaired) electrons. The Bertz CT molecular complexity index is 422. The Morgan fingerprint density at radius 2 is 2.17 bits per heavy atom. The van der Waals surface area contributed by atoms with Crippen LogP contribution < -0.4 is 5.73 Å². The summed E-state index contributed by atoms with van der Waals surface area (Å²) < 4.78 is 10.5. The SMILES string of the molecule is Cc1occc1CN(C)C(=O)C1(N)CCOCC1. The zero-order valence-electron chi connectivity index (χ0n) is 10.9. The van der Waals surface area contributed by atoms with Crippen molar-refractivity contribution in [3.05, 3.63) is 23.7 Å². The summed E-state index contributed by atoms with van der Waals surface area (Å²) in [6.07, 6.45) is 2.80. The fourth-order valence-corrected chi connectivity index (χ4v) is 2.23. The first kappa shape index (κ1) is 13.1. The summed E-state index contributed by atoms with van der Waals surface area (Å²) in [6, 6.07) is 1.88. The average molecular weight is 252 g/mol. The second-order valence-corrected chi connectivity index (χ2v) is 4.93. The lowest BCUT2D eigenvalue weighted by molar-refractivity contribution is -0.139. The van der Waals surface area contributed by atoms with Crippen molar-refractivity contribution in [2.24, 2.45) is 5.73 Å². The third kappa shape index (κ3) is 2.57. The maximum Gasteiger partial charge on any atom is 0.242 e. The van der Waals surface area contributed by atoms with Crippen LogP contribution >= 0.6 is 0 Å². The molecule has 0 bridgehead atoms. The van der Waals surface area contributed by atoms with Crippen molar-refractivity contribution in [2.45, 2.75) is 31.8 Å². The highest BCUT2D eigenvalue weighted by Gasteiger charge is 2.37. The van der Waals surface area contributed by atoms with E-state index < -0.39 is 5.54 Å². The zero-order valence-corrected chi connectivity index (χ0v) is 10.9. The number of carbonyl (C=O) groups excluding carboxylic acids is 1. The fraction of sp³-hybridized carbons (Fsp3) is 0.615. The summed E-state index contributed by atoms with van der Waals surface area (Å²) in [6.45, 7) is 3.53. The summed E-state index contributed by atoms with van der Waals surface area (Å²) in [5.41, 5.74) is 6.42. The lowest BCUT2D eigenvalue weighted by atomic mass is 9.89. The number of aryl methyl sites for hydroxylation is 1. The summed E-state index contributed by atoms with van der Waals surface area (Å²) in [5.74, 6) is 0.819. The molecule has 0 aliphatic carbocycles. The highest BCUT2D eigenvalue weighted by Crippen LogP contribution is 2.21. The van der Waals surface area contributed by atoms with E-state index in [2.05, 4.69) is 0 Å². The average Bonchev–Trinajstić information content (AvgIpc) is 2.75. The van der Waals surface area contributed by atoms with Gasteiger partial charge in [-0.3, -0.25) is 4.79 Å². The van der Waals surface area contributed by atoms with Crippen molar-refractivity contribution in [3.63, 3.8) is 0 Å². The van der Waals surface area contributed by atoms with Crippen LogP contribution in [0.1, 0.15) is 24.2 Å². The molecule has 1 aliphatic heterocycles. The van der Waals surface area contributed by atoms with E-state index in [0.717, 1.165) is 11.3 Å². The molecule has 0 spiro atoms. The Labute approximate surface area is 107 Å². The second-order valence-electron chi connectivity index (χ2n) is 4.93.